The minimum Gasteiger partial charge on any atom is -0.497 e. The van der Waals surface area contributed by atoms with Crippen LogP contribution in [0.3, 0.4) is 0 Å². The van der Waals surface area contributed by atoms with Crippen molar-refractivity contribution in [2.45, 2.75) is 32.9 Å². The monoisotopic (exact) mass is 473 g/mol. The summed E-state index contributed by atoms with van der Waals surface area (Å²) in [5.41, 5.74) is 5.62. The van der Waals surface area contributed by atoms with Crippen LogP contribution in [0.2, 0.25) is 0 Å². The molecule has 1 heterocycles. The number of aryl methyl sites for hydroxylation is 2. The number of benzene rings is 3. The van der Waals surface area contributed by atoms with Crippen LogP contribution in [-0.2, 0) is 11.4 Å². The van der Waals surface area contributed by atoms with Gasteiger partial charge in [0.2, 0.25) is 0 Å². The molecule has 1 aliphatic rings. The number of carbonyl (C=O) groups excluding carboxylic acids is 1. The molecular weight excluding hydrogens is 442 g/mol. The van der Waals surface area contributed by atoms with E-state index in [-0.39, 0.29) is 12.1 Å². The van der Waals surface area contributed by atoms with Gasteiger partial charge < -0.3 is 24.5 Å². The van der Waals surface area contributed by atoms with Crippen LogP contribution in [0, 0.1) is 13.8 Å². The number of para-hydroxylation sites is 1. The summed E-state index contributed by atoms with van der Waals surface area (Å²) in [4.78, 5) is 20.9. The fourth-order valence-corrected chi connectivity index (χ4v) is 4.17. The number of ether oxygens (including phenoxy) is 2. The molecule has 0 radical (unpaired) electrons. The SMILES string of the molecule is COc1cccc(CN(CC2CC(c3ccccc3OC)=NO2)C(=O)Nc2ccc(C)cc2C)c1. The number of nitrogens with one attached hydrogen (secondary N) is 1. The van der Waals surface area contributed by atoms with Crippen LogP contribution in [0.15, 0.2) is 71.9 Å². The lowest BCUT2D eigenvalue weighted by Gasteiger charge is -2.26. The molecule has 7 heteroatoms. The van der Waals surface area contributed by atoms with Gasteiger partial charge in [-0.1, -0.05) is 47.1 Å². The van der Waals surface area contributed by atoms with Gasteiger partial charge in [0.15, 0.2) is 6.10 Å². The van der Waals surface area contributed by atoms with E-state index in [0.717, 1.165) is 45.2 Å². The molecule has 1 aliphatic heterocycles. The molecule has 0 aliphatic carbocycles. The first-order valence-electron chi connectivity index (χ1n) is 11.6. The molecule has 0 saturated carbocycles. The highest BCUT2D eigenvalue weighted by Gasteiger charge is 2.28. The van der Waals surface area contributed by atoms with Crippen LogP contribution in [-0.4, -0.2) is 43.5 Å². The molecule has 35 heavy (non-hydrogen) atoms. The predicted molar refractivity (Wildman–Crippen MR) is 137 cm³/mol. The summed E-state index contributed by atoms with van der Waals surface area (Å²) < 4.78 is 10.8. The van der Waals surface area contributed by atoms with Gasteiger partial charge in [-0.25, -0.2) is 4.79 Å². The lowest BCUT2D eigenvalue weighted by Crippen LogP contribution is -2.40. The van der Waals surface area contributed by atoms with E-state index >= 15 is 0 Å². The minimum atomic E-state index is -0.273. The number of amides is 2. The standard InChI is InChI=1S/C28H31N3O4/c1-19-12-13-25(20(2)14-19)29-28(32)31(17-21-8-7-9-22(15-21)33-3)18-23-16-26(30-35-23)24-10-5-6-11-27(24)34-4/h5-15,23H,16-18H2,1-4H3,(H,29,32). The van der Waals surface area contributed by atoms with Crippen LogP contribution in [0.5, 0.6) is 11.5 Å². The van der Waals surface area contributed by atoms with Crippen LogP contribution >= 0.6 is 0 Å². The van der Waals surface area contributed by atoms with Crippen LogP contribution < -0.4 is 14.8 Å². The minimum absolute atomic E-state index is 0.200. The van der Waals surface area contributed by atoms with Gasteiger partial charge in [-0.3, -0.25) is 0 Å². The first-order chi connectivity index (χ1) is 17.0. The third kappa shape index (κ3) is 5.93. The number of methoxy groups -OCH3 is 2. The molecule has 7 nitrogen and oxygen atoms in total. The van der Waals surface area contributed by atoms with E-state index < -0.39 is 0 Å². The molecule has 1 atom stereocenters. The fourth-order valence-electron chi connectivity index (χ4n) is 4.17. The van der Waals surface area contributed by atoms with Crippen molar-refractivity contribution in [3.63, 3.8) is 0 Å². The molecule has 1 unspecified atom stereocenters. The Hall–Kier alpha value is -4.00. The van der Waals surface area contributed by atoms with Gasteiger partial charge in [-0.15, -0.1) is 0 Å². The first-order valence-corrected chi connectivity index (χ1v) is 11.6. The highest BCUT2D eigenvalue weighted by molar-refractivity contribution is 6.03. The smallest absolute Gasteiger partial charge is 0.322 e. The summed E-state index contributed by atoms with van der Waals surface area (Å²) in [5.74, 6) is 1.49. The Kier molecular flexibility index (Phi) is 7.55. The summed E-state index contributed by atoms with van der Waals surface area (Å²) in [6, 6.07) is 21.2. The summed E-state index contributed by atoms with van der Waals surface area (Å²) in [7, 11) is 3.27. The van der Waals surface area contributed by atoms with E-state index in [1.54, 1.807) is 19.1 Å². The second kappa shape index (κ2) is 11.0. The normalized spacial score (nSPS) is 14.6. The quantitative estimate of drug-likeness (QED) is 0.466. The molecule has 3 aromatic rings. The van der Waals surface area contributed by atoms with E-state index in [1.807, 2.05) is 74.5 Å². The van der Waals surface area contributed by atoms with Crippen molar-refractivity contribution >= 4 is 17.4 Å². The molecule has 0 fully saturated rings. The predicted octanol–water partition coefficient (Wildman–Crippen LogP) is 5.55. The van der Waals surface area contributed by atoms with Gasteiger partial charge in [-0.2, -0.15) is 0 Å². The Morgan fingerprint density at radius 1 is 1.06 bits per heavy atom. The van der Waals surface area contributed by atoms with E-state index in [2.05, 4.69) is 16.5 Å². The summed E-state index contributed by atoms with van der Waals surface area (Å²) >= 11 is 0. The summed E-state index contributed by atoms with van der Waals surface area (Å²) in [6.07, 6.45) is 0.302. The number of carbonyl (C=O) groups is 1. The zero-order chi connectivity index (χ0) is 24.8. The van der Waals surface area contributed by atoms with Crippen LogP contribution in [0.25, 0.3) is 0 Å². The van der Waals surface area contributed by atoms with E-state index in [9.17, 15) is 4.79 Å². The third-order valence-corrected chi connectivity index (χ3v) is 5.99. The molecule has 182 valence electrons. The number of rotatable bonds is 8. The molecule has 4 rings (SSSR count). The molecule has 2 amide bonds. The zero-order valence-corrected chi connectivity index (χ0v) is 20.6. The van der Waals surface area contributed by atoms with Gasteiger partial charge in [0, 0.05) is 24.2 Å². The van der Waals surface area contributed by atoms with Gasteiger partial charge in [0.25, 0.3) is 0 Å². The van der Waals surface area contributed by atoms with Gasteiger partial charge in [0.05, 0.1) is 26.5 Å². The molecule has 3 aromatic carbocycles. The maximum Gasteiger partial charge on any atom is 0.322 e. The number of hydrogen-bond donors (Lipinski definition) is 1. The number of anilines is 1. The number of hydrogen-bond acceptors (Lipinski definition) is 5. The third-order valence-electron chi connectivity index (χ3n) is 5.99. The Bertz CT molecular complexity index is 1220. The Labute approximate surface area is 206 Å². The molecule has 0 bridgehead atoms. The highest BCUT2D eigenvalue weighted by Crippen LogP contribution is 2.26. The van der Waals surface area contributed by atoms with Gasteiger partial charge in [-0.05, 0) is 55.3 Å². The van der Waals surface area contributed by atoms with Crippen molar-refractivity contribution in [1.29, 1.82) is 0 Å². The van der Waals surface area contributed by atoms with Crippen molar-refractivity contribution in [3.8, 4) is 11.5 Å². The Balaban J connectivity index is 1.51. The molecule has 0 saturated heterocycles. The van der Waals surface area contributed by atoms with Crippen molar-refractivity contribution < 1.29 is 19.1 Å². The van der Waals surface area contributed by atoms with Gasteiger partial charge >= 0.3 is 6.03 Å². The topological polar surface area (TPSA) is 72.4 Å². The van der Waals surface area contributed by atoms with E-state index in [4.69, 9.17) is 14.3 Å². The largest absolute Gasteiger partial charge is 0.497 e. The van der Waals surface area contributed by atoms with E-state index in [1.165, 1.54) is 0 Å². The highest BCUT2D eigenvalue weighted by atomic mass is 16.6. The second-order valence-corrected chi connectivity index (χ2v) is 8.65. The number of nitrogens with zero attached hydrogens (tertiary/aromatic N) is 2. The molecule has 1 N–H and O–H groups in total. The molecule has 0 spiro atoms. The maximum absolute atomic E-state index is 13.4. The first kappa shape index (κ1) is 24.1. The number of oxime groups is 1. The summed E-state index contributed by atoms with van der Waals surface area (Å²) in [5, 5.41) is 7.37. The lowest BCUT2D eigenvalue weighted by atomic mass is 10.0. The average Bonchev–Trinajstić information content (AvgIpc) is 3.33. The second-order valence-electron chi connectivity index (χ2n) is 8.65. The number of urea groups is 1. The average molecular weight is 474 g/mol. The van der Waals surface area contributed by atoms with Gasteiger partial charge in [0.1, 0.15) is 11.5 Å². The van der Waals surface area contributed by atoms with Crippen molar-refractivity contribution in [2.24, 2.45) is 5.16 Å². The van der Waals surface area contributed by atoms with Crippen LogP contribution in [0.1, 0.15) is 28.7 Å². The fraction of sp³-hybridized carbons (Fsp3) is 0.286. The zero-order valence-electron chi connectivity index (χ0n) is 20.6. The summed E-state index contributed by atoms with van der Waals surface area (Å²) in [6.45, 7) is 4.79. The maximum atomic E-state index is 13.4. The Morgan fingerprint density at radius 3 is 2.66 bits per heavy atom. The lowest BCUT2D eigenvalue weighted by molar-refractivity contribution is 0.0608. The van der Waals surface area contributed by atoms with Crippen molar-refractivity contribution in [3.05, 3.63) is 89.0 Å². The van der Waals surface area contributed by atoms with Crippen molar-refractivity contribution in [1.82, 2.24) is 4.90 Å². The molecular formula is C28H31N3O4. The molecule has 0 aromatic heterocycles. The van der Waals surface area contributed by atoms with E-state index in [0.29, 0.717) is 19.5 Å². The Morgan fingerprint density at radius 2 is 1.89 bits per heavy atom. The van der Waals surface area contributed by atoms with Crippen LogP contribution in [0.4, 0.5) is 10.5 Å². The van der Waals surface area contributed by atoms with Crippen molar-refractivity contribution in [2.75, 3.05) is 26.1 Å².